The van der Waals surface area contributed by atoms with Gasteiger partial charge in [-0.05, 0) is 65.3 Å². The van der Waals surface area contributed by atoms with Gasteiger partial charge in [0.25, 0.3) is 0 Å². The van der Waals surface area contributed by atoms with E-state index < -0.39 is 28.7 Å². The topological polar surface area (TPSA) is 96.3 Å². The fraction of sp³-hybridized carbons (Fsp3) is 0.636. The van der Waals surface area contributed by atoms with Gasteiger partial charge < -0.3 is 24.6 Å². The van der Waals surface area contributed by atoms with E-state index in [1.165, 1.54) is 6.07 Å². The summed E-state index contributed by atoms with van der Waals surface area (Å²) >= 11 is 0. The number of aliphatic hydroxyl groups is 1. The highest BCUT2D eigenvalue weighted by atomic mass is 16.6. The maximum atomic E-state index is 13.0. The first-order chi connectivity index (χ1) is 13.5. The van der Waals surface area contributed by atoms with Crippen molar-refractivity contribution in [1.82, 2.24) is 4.90 Å². The first-order valence-electron chi connectivity index (χ1n) is 10.2. The van der Waals surface area contributed by atoms with E-state index in [-0.39, 0.29) is 29.7 Å². The highest BCUT2D eigenvalue weighted by Crippen LogP contribution is 2.65. The monoisotopic (exact) mass is 401 g/mol. The lowest BCUT2D eigenvalue weighted by atomic mass is 9.48. The molecule has 156 valence electrons. The maximum Gasteiger partial charge on any atom is 0.339 e. The number of likely N-dealkylation sites (tertiary alicyclic amines) is 1. The molecule has 2 aliphatic heterocycles. The van der Waals surface area contributed by atoms with Gasteiger partial charge >= 0.3 is 5.97 Å². The number of rotatable bonds is 1. The van der Waals surface area contributed by atoms with Crippen molar-refractivity contribution in [2.75, 3.05) is 13.6 Å². The third-order valence-corrected chi connectivity index (χ3v) is 7.27. The van der Waals surface area contributed by atoms with Crippen molar-refractivity contribution in [3.63, 3.8) is 0 Å². The van der Waals surface area contributed by atoms with Crippen LogP contribution in [0.2, 0.25) is 0 Å². The van der Waals surface area contributed by atoms with Crippen LogP contribution in [0.25, 0.3) is 0 Å². The van der Waals surface area contributed by atoms with Gasteiger partial charge in [0, 0.05) is 18.0 Å². The Balaban J connectivity index is 1.78. The van der Waals surface area contributed by atoms with Crippen LogP contribution in [0.4, 0.5) is 0 Å². The average molecular weight is 401 g/mol. The molecule has 2 fully saturated rings. The minimum atomic E-state index is -1.14. The van der Waals surface area contributed by atoms with Gasteiger partial charge in [0.1, 0.15) is 5.60 Å². The number of hydrogen-bond donors (Lipinski definition) is 2. The predicted molar refractivity (Wildman–Crippen MR) is 103 cm³/mol. The number of hydrogen-bond acceptors (Lipinski definition) is 7. The van der Waals surface area contributed by atoms with Gasteiger partial charge in [-0.1, -0.05) is 0 Å². The van der Waals surface area contributed by atoms with E-state index in [0.29, 0.717) is 36.9 Å². The number of nitrogens with zero attached hydrogens (tertiary/aromatic N) is 1. The Morgan fingerprint density at radius 3 is 2.76 bits per heavy atom. The number of aromatic hydroxyl groups is 1. The van der Waals surface area contributed by atoms with Gasteiger partial charge in [-0.25, -0.2) is 4.79 Å². The number of phenols is 1. The van der Waals surface area contributed by atoms with E-state index in [1.54, 1.807) is 20.8 Å². The Bertz CT molecular complexity index is 950. The molecule has 2 heterocycles. The van der Waals surface area contributed by atoms with Crippen LogP contribution in [0.15, 0.2) is 6.07 Å². The number of carbonyl (C=O) groups excluding carboxylic acids is 2. The molecule has 0 amide bonds. The van der Waals surface area contributed by atoms with E-state index in [1.807, 2.05) is 7.05 Å². The minimum absolute atomic E-state index is 0.0553. The van der Waals surface area contributed by atoms with Crippen LogP contribution in [0.5, 0.6) is 11.5 Å². The van der Waals surface area contributed by atoms with Gasteiger partial charge in [-0.15, -0.1) is 0 Å². The molecule has 4 aliphatic rings. The molecule has 1 saturated carbocycles. The van der Waals surface area contributed by atoms with Crippen molar-refractivity contribution >= 4 is 11.8 Å². The molecule has 2 N–H and O–H groups in total. The molecule has 5 rings (SSSR count). The van der Waals surface area contributed by atoms with Gasteiger partial charge in [0.2, 0.25) is 0 Å². The fourth-order valence-corrected chi connectivity index (χ4v) is 6.14. The first-order valence-corrected chi connectivity index (χ1v) is 10.2. The van der Waals surface area contributed by atoms with E-state index >= 15 is 0 Å². The summed E-state index contributed by atoms with van der Waals surface area (Å²) in [6.45, 7) is 6.09. The summed E-state index contributed by atoms with van der Waals surface area (Å²) in [7, 11) is 1.97. The lowest BCUT2D eigenvalue weighted by molar-refractivity contribution is -0.185. The molecule has 29 heavy (non-hydrogen) atoms. The lowest BCUT2D eigenvalue weighted by Crippen LogP contribution is -2.76. The Morgan fingerprint density at radius 2 is 2.07 bits per heavy atom. The zero-order chi connectivity index (χ0) is 20.9. The second-order valence-corrected chi connectivity index (χ2v) is 9.94. The molecule has 4 atom stereocenters. The molecule has 0 radical (unpaired) electrons. The SMILES string of the molecule is CN1CC[C@]23c4c5c(C(=O)OC(C)(C)C)cc(O)c4O[C@H]2C(=O)CC[C@@]3(O)[C@H]1C5. The second-order valence-electron chi connectivity index (χ2n) is 9.94. The van der Waals surface area contributed by atoms with Crippen LogP contribution in [0.1, 0.15) is 61.5 Å². The molecule has 1 aromatic carbocycles. The van der Waals surface area contributed by atoms with E-state index in [9.17, 15) is 19.8 Å². The van der Waals surface area contributed by atoms with Gasteiger partial charge in [-0.2, -0.15) is 0 Å². The van der Waals surface area contributed by atoms with Crippen LogP contribution in [-0.2, 0) is 21.4 Å². The van der Waals surface area contributed by atoms with E-state index in [0.717, 1.165) is 5.56 Å². The zero-order valence-electron chi connectivity index (χ0n) is 17.2. The van der Waals surface area contributed by atoms with Crippen molar-refractivity contribution in [3.05, 3.63) is 22.8 Å². The maximum absolute atomic E-state index is 13.0. The zero-order valence-corrected chi connectivity index (χ0v) is 17.2. The van der Waals surface area contributed by atoms with Crippen LogP contribution in [-0.4, -0.2) is 63.8 Å². The number of Topliss-reactive ketones (excluding diaryl/α,β-unsaturated/α-hetero) is 1. The lowest BCUT2D eigenvalue weighted by Gasteiger charge is -2.62. The summed E-state index contributed by atoms with van der Waals surface area (Å²) < 4.78 is 11.6. The summed E-state index contributed by atoms with van der Waals surface area (Å²) in [5, 5.41) is 22.7. The van der Waals surface area contributed by atoms with Gasteiger partial charge in [0.15, 0.2) is 23.4 Å². The smallest absolute Gasteiger partial charge is 0.339 e. The number of likely N-dealkylation sites (N-methyl/N-ethyl adjacent to an activating group) is 1. The molecule has 7 heteroatoms. The quantitative estimate of drug-likeness (QED) is 0.692. The molecular weight excluding hydrogens is 374 g/mol. The van der Waals surface area contributed by atoms with Gasteiger partial charge in [-0.3, -0.25) is 4.79 Å². The number of phenolic OH excluding ortho intramolecular Hbond substituents is 1. The highest BCUT2D eigenvalue weighted by molar-refractivity contribution is 5.96. The van der Waals surface area contributed by atoms with Crippen LogP contribution >= 0.6 is 0 Å². The average Bonchev–Trinajstić information content (AvgIpc) is 2.97. The molecule has 1 saturated heterocycles. The van der Waals surface area contributed by atoms with Crippen molar-refractivity contribution in [3.8, 4) is 11.5 Å². The third kappa shape index (κ3) is 2.20. The summed E-state index contributed by atoms with van der Waals surface area (Å²) in [5.41, 5.74) is -1.10. The Hall–Kier alpha value is -2.12. The number of esters is 1. The van der Waals surface area contributed by atoms with E-state index in [4.69, 9.17) is 9.47 Å². The first kappa shape index (κ1) is 18.9. The van der Waals surface area contributed by atoms with Crippen molar-refractivity contribution < 1.29 is 29.3 Å². The summed E-state index contributed by atoms with van der Waals surface area (Å²) in [4.78, 5) is 27.9. The second kappa shape index (κ2) is 5.52. The molecule has 0 aromatic heterocycles. The largest absolute Gasteiger partial charge is 0.504 e. The van der Waals surface area contributed by atoms with Crippen LogP contribution in [0, 0.1) is 0 Å². The Morgan fingerprint density at radius 1 is 1.34 bits per heavy atom. The Kier molecular flexibility index (Phi) is 3.59. The standard InChI is InChI=1S/C22H27NO6/c1-20(2,3)29-19(26)12-9-14(25)17-16-11(12)10-15-22(27)6-5-13(24)18(28-17)21(16,22)7-8-23(15)4/h9,15,18,25,27H,5-8,10H2,1-4H3/t15-,18+,21+,22-/m1/s1. The number of benzene rings is 1. The normalized spacial score (nSPS) is 35.1. The van der Waals surface area contributed by atoms with Crippen LogP contribution in [0.3, 0.4) is 0 Å². The predicted octanol–water partition coefficient (Wildman–Crippen LogP) is 1.70. The number of carbonyl (C=O) groups is 2. The fourth-order valence-electron chi connectivity index (χ4n) is 6.14. The highest BCUT2D eigenvalue weighted by Gasteiger charge is 2.73. The minimum Gasteiger partial charge on any atom is -0.504 e. The molecule has 1 aromatic rings. The summed E-state index contributed by atoms with van der Waals surface area (Å²) in [5.74, 6) is -0.506. The summed E-state index contributed by atoms with van der Waals surface area (Å²) in [6.07, 6.45) is 0.749. The van der Waals surface area contributed by atoms with Crippen molar-refractivity contribution in [1.29, 1.82) is 0 Å². The molecule has 2 aliphatic carbocycles. The molecule has 0 unspecified atom stereocenters. The third-order valence-electron chi connectivity index (χ3n) is 7.27. The molecule has 2 bridgehead atoms. The van der Waals surface area contributed by atoms with E-state index in [2.05, 4.69) is 4.90 Å². The Labute approximate surface area is 169 Å². The molecular formula is C22H27NO6. The molecule has 1 spiro atoms. The number of piperidine rings is 1. The molecule has 7 nitrogen and oxygen atoms in total. The van der Waals surface area contributed by atoms with Crippen molar-refractivity contribution in [2.24, 2.45) is 0 Å². The number of ketones is 1. The van der Waals surface area contributed by atoms with Gasteiger partial charge in [0.05, 0.1) is 16.6 Å². The number of ether oxygens (including phenoxy) is 2. The summed E-state index contributed by atoms with van der Waals surface area (Å²) in [6, 6.07) is 1.15. The van der Waals surface area contributed by atoms with Crippen molar-refractivity contribution in [2.45, 2.75) is 75.2 Å². The van der Waals surface area contributed by atoms with Crippen LogP contribution < -0.4 is 4.74 Å².